The maximum atomic E-state index is 12.9. The molecule has 0 aliphatic rings. The molecule has 3 heteroatoms. The molecule has 1 heterocycles. The second kappa shape index (κ2) is 7.19. The van der Waals surface area contributed by atoms with Crippen molar-refractivity contribution in [2.45, 2.75) is 6.42 Å². The van der Waals surface area contributed by atoms with Crippen molar-refractivity contribution in [3.05, 3.63) is 103 Å². The zero-order valence-corrected chi connectivity index (χ0v) is 14.2. The predicted octanol–water partition coefficient (Wildman–Crippen LogP) is 5.14. The van der Waals surface area contributed by atoms with Crippen molar-refractivity contribution in [2.24, 2.45) is 0 Å². The van der Waals surface area contributed by atoms with Gasteiger partial charge < -0.3 is 0 Å². The van der Waals surface area contributed by atoms with E-state index in [1.54, 1.807) is 10.6 Å². The molecule has 0 amide bonds. The fraction of sp³-hybridized carbons (Fsp3) is 0.0435. The number of aromatic nitrogens is 2. The van der Waals surface area contributed by atoms with E-state index in [9.17, 15) is 4.79 Å². The van der Waals surface area contributed by atoms with Crippen LogP contribution in [0.2, 0.25) is 0 Å². The van der Waals surface area contributed by atoms with Crippen molar-refractivity contribution in [3.63, 3.8) is 0 Å². The lowest BCUT2D eigenvalue weighted by Gasteiger charge is -2.05. The Labute approximate surface area is 152 Å². The molecule has 1 aromatic heterocycles. The fourth-order valence-corrected chi connectivity index (χ4v) is 3.01. The van der Waals surface area contributed by atoms with Crippen LogP contribution in [-0.4, -0.2) is 15.5 Å². The molecule has 0 spiro atoms. The first-order valence-corrected chi connectivity index (χ1v) is 8.60. The van der Waals surface area contributed by atoms with Crippen molar-refractivity contribution in [3.8, 4) is 11.4 Å². The molecule has 4 aromatic rings. The first-order valence-electron chi connectivity index (χ1n) is 8.60. The number of fused-ring (bicyclic) bond motifs is 1. The van der Waals surface area contributed by atoms with Gasteiger partial charge in [-0.15, -0.1) is 0 Å². The third kappa shape index (κ3) is 3.20. The van der Waals surface area contributed by atoms with Crippen molar-refractivity contribution in [1.29, 1.82) is 0 Å². The molecule has 126 valence electrons. The second-order valence-electron chi connectivity index (χ2n) is 6.06. The van der Waals surface area contributed by atoms with Crippen LogP contribution in [0.3, 0.4) is 0 Å². The summed E-state index contributed by atoms with van der Waals surface area (Å²) in [5, 5.41) is 0. The summed E-state index contributed by atoms with van der Waals surface area (Å²) >= 11 is 0. The van der Waals surface area contributed by atoms with Gasteiger partial charge in [-0.1, -0.05) is 78.9 Å². The SMILES string of the molecule is O=C(C=CCc1ccccc1)n1c(-c2ccccc2)nc2ccccc21. The summed E-state index contributed by atoms with van der Waals surface area (Å²) in [5.41, 5.74) is 3.74. The summed E-state index contributed by atoms with van der Waals surface area (Å²) in [5.74, 6) is 0.578. The van der Waals surface area contributed by atoms with Gasteiger partial charge in [0.1, 0.15) is 5.82 Å². The summed E-state index contributed by atoms with van der Waals surface area (Å²) in [7, 11) is 0. The molecule has 3 nitrogen and oxygen atoms in total. The number of para-hydroxylation sites is 2. The lowest BCUT2D eigenvalue weighted by molar-refractivity contribution is 0.0975. The molecule has 0 N–H and O–H groups in total. The van der Waals surface area contributed by atoms with Crippen LogP contribution in [0.15, 0.2) is 97.1 Å². The van der Waals surface area contributed by atoms with Crippen molar-refractivity contribution in [2.75, 3.05) is 0 Å². The molecule has 0 atom stereocenters. The van der Waals surface area contributed by atoms with Crippen molar-refractivity contribution >= 4 is 16.9 Å². The molecule has 0 aliphatic heterocycles. The first kappa shape index (κ1) is 16.0. The highest BCUT2D eigenvalue weighted by atomic mass is 16.2. The minimum atomic E-state index is -0.0894. The van der Waals surface area contributed by atoms with Gasteiger partial charge in [0.15, 0.2) is 0 Å². The van der Waals surface area contributed by atoms with Gasteiger partial charge in [-0.25, -0.2) is 4.98 Å². The van der Waals surface area contributed by atoms with Crippen LogP contribution >= 0.6 is 0 Å². The van der Waals surface area contributed by atoms with Gasteiger partial charge in [-0.3, -0.25) is 9.36 Å². The standard InChI is InChI=1S/C23H18N2O/c26-22(17-9-12-18-10-3-1-4-11-18)25-21-16-8-7-15-20(21)24-23(25)19-13-5-2-6-14-19/h1-11,13-17H,12H2. The van der Waals surface area contributed by atoms with Gasteiger partial charge >= 0.3 is 0 Å². The summed E-state index contributed by atoms with van der Waals surface area (Å²) in [4.78, 5) is 17.6. The topological polar surface area (TPSA) is 34.9 Å². The van der Waals surface area contributed by atoms with Gasteiger partial charge in [0.2, 0.25) is 0 Å². The quantitative estimate of drug-likeness (QED) is 0.483. The Balaban J connectivity index is 1.71. The zero-order valence-electron chi connectivity index (χ0n) is 14.2. The van der Waals surface area contributed by atoms with Crippen LogP contribution in [0, 0.1) is 0 Å². The van der Waals surface area contributed by atoms with Crippen LogP contribution < -0.4 is 0 Å². The van der Waals surface area contributed by atoms with Gasteiger partial charge in [0.05, 0.1) is 11.0 Å². The Hall–Kier alpha value is -3.46. The van der Waals surface area contributed by atoms with E-state index in [4.69, 9.17) is 0 Å². The number of benzene rings is 3. The Kier molecular flexibility index (Phi) is 4.44. The molecule has 26 heavy (non-hydrogen) atoms. The third-order valence-electron chi connectivity index (χ3n) is 4.27. The highest BCUT2D eigenvalue weighted by Crippen LogP contribution is 2.24. The smallest absolute Gasteiger partial charge is 0.256 e. The maximum absolute atomic E-state index is 12.9. The van der Waals surface area contributed by atoms with Crippen LogP contribution in [0.1, 0.15) is 10.4 Å². The largest absolute Gasteiger partial charge is 0.269 e. The van der Waals surface area contributed by atoms with Crippen LogP contribution in [0.25, 0.3) is 22.4 Å². The van der Waals surface area contributed by atoms with E-state index in [1.807, 2.05) is 78.9 Å². The molecule has 0 saturated heterocycles. The lowest BCUT2D eigenvalue weighted by atomic mass is 10.1. The fourth-order valence-electron chi connectivity index (χ4n) is 3.01. The second-order valence-corrected chi connectivity index (χ2v) is 6.06. The number of imidazole rings is 1. The average molecular weight is 338 g/mol. The number of allylic oxidation sites excluding steroid dienone is 2. The van der Waals surface area contributed by atoms with Crippen LogP contribution in [0.4, 0.5) is 0 Å². The summed E-state index contributed by atoms with van der Waals surface area (Å²) in [6.07, 6.45) is 4.26. The number of rotatable bonds is 4. The Morgan fingerprint density at radius 3 is 2.27 bits per heavy atom. The average Bonchev–Trinajstić information content (AvgIpc) is 3.09. The Bertz CT molecular complexity index is 1060. The maximum Gasteiger partial charge on any atom is 0.256 e. The van der Waals surface area contributed by atoms with Crippen LogP contribution in [0.5, 0.6) is 0 Å². The lowest BCUT2D eigenvalue weighted by Crippen LogP contribution is -2.09. The summed E-state index contributed by atoms with van der Waals surface area (Å²) < 4.78 is 1.69. The van der Waals surface area contributed by atoms with Gasteiger partial charge in [-0.05, 0) is 24.1 Å². The van der Waals surface area contributed by atoms with Gasteiger partial charge in [0.25, 0.3) is 5.91 Å². The summed E-state index contributed by atoms with van der Waals surface area (Å²) in [6.45, 7) is 0. The van der Waals surface area contributed by atoms with E-state index in [0.29, 0.717) is 5.82 Å². The molecule has 0 aliphatic carbocycles. The molecule has 4 rings (SSSR count). The molecule has 0 saturated carbocycles. The van der Waals surface area contributed by atoms with Crippen LogP contribution in [-0.2, 0) is 6.42 Å². The Morgan fingerprint density at radius 1 is 0.846 bits per heavy atom. The van der Waals surface area contributed by atoms with E-state index >= 15 is 0 Å². The van der Waals surface area contributed by atoms with E-state index < -0.39 is 0 Å². The first-order chi connectivity index (χ1) is 12.8. The number of hydrogen-bond acceptors (Lipinski definition) is 2. The van der Waals surface area contributed by atoms with E-state index in [-0.39, 0.29) is 5.91 Å². The normalized spacial score (nSPS) is 11.2. The molecule has 0 fully saturated rings. The van der Waals surface area contributed by atoms with Crippen molar-refractivity contribution < 1.29 is 4.79 Å². The number of hydrogen-bond donors (Lipinski definition) is 0. The number of nitrogens with zero attached hydrogens (tertiary/aromatic N) is 2. The predicted molar refractivity (Wildman–Crippen MR) is 105 cm³/mol. The van der Waals surface area contributed by atoms with E-state index in [0.717, 1.165) is 23.0 Å². The molecular formula is C23H18N2O. The number of carbonyl (C=O) groups is 1. The molecule has 0 radical (unpaired) electrons. The molecule has 3 aromatic carbocycles. The number of carbonyl (C=O) groups excluding carboxylic acids is 1. The molecule has 0 unspecified atom stereocenters. The van der Waals surface area contributed by atoms with Gasteiger partial charge in [-0.2, -0.15) is 0 Å². The zero-order chi connectivity index (χ0) is 17.8. The third-order valence-corrected chi connectivity index (χ3v) is 4.27. The monoisotopic (exact) mass is 338 g/mol. The summed E-state index contributed by atoms with van der Waals surface area (Å²) in [6, 6.07) is 27.6. The van der Waals surface area contributed by atoms with Crippen molar-refractivity contribution in [1.82, 2.24) is 9.55 Å². The highest BCUT2D eigenvalue weighted by molar-refractivity contribution is 6.00. The molecular weight excluding hydrogens is 320 g/mol. The molecule has 0 bridgehead atoms. The van der Waals surface area contributed by atoms with E-state index in [2.05, 4.69) is 17.1 Å². The van der Waals surface area contributed by atoms with E-state index in [1.165, 1.54) is 5.56 Å². The minimum absolute atomic E-state index is 0.0894. The minimum Gasteiger partial charge on any atom is -0.269 e. The van der Waals surface area contributed by atoms with Gasteiger partial charge in [0, 0.05) is 11.6 Å². The highest BCUT2D eigenvalue weighted by Gasteiger charge is 2.15. The Morgan fingerprint density at radius 2 is 1.50 bits per heavy atom.